The van der Waals surface area contributed by atoms with Crippen molar-refractivity contribution in [3.05, 3.63) is 58.4 Å². The van der Waals surface area contributed by atoms with Gasteiger partial charge in [-0.3, -0.25) is 19.5 Å². The number of aromatic nitrogens is 1. The van der Waals surface area contributed by atoms with Crippen LogP contribution in [-0.4, -0.2) is 40.8 Å². The lowest BCUT2D eigenvalue weighted by atomic mass is 9.99. The minimum atomic E-state index is -0.126. The molecule has 2 N–H and O–H groups in total. The highest BCUT2D eigenvalue weighted by Gasteiger charge is 2.22. The highest BCUT2D eigenvalue weighted by Crippen LogP contribution is 2.25. The zero-order chi connectivity index (χ0) is 19.5. The number of anilines is 1. The molecule has 0 saturated carbocycles. The fraction of sp³-hybridized carbons (Fsp3) is 0.381. The number of benzene rings is 1. The third kappa shape index (κ3) is 4.51. The van der Waals surface area contributed by atoms with Gasteiger partial charge in [0.05, 0.1) is 10.6 Å². The van der Waals surface area contributed by atoms with Crippen molar-refractivity contribution in [2.45, 2.75) is 38.3 Å². The van der Waals surface area contributed by atoms with E-state index in [1.165, 1.54) is 23.5 Å². The van der Waals surface area contributed by atoms with Gasteiger partial charge < -0.3 is 10.6 Å². The summed E-state index contributed by atoms with van der Waals surface area (Å²) in [6.07, 6.45) is 6.24. The molecule has 1 aromatic carbocycles. The number of hydrogen-bond acceptors (Lipinski definition) is 4. The van der Waals surface area contributed by atoms with Gasteiger partial charge in [-0.15, -0.1) is 0 Å². The summed E-state index contributed by atoms with van der Waals surface area (Å²) in [7, 11) is 0. The molecule has 146 valence electrons. The lowest BCUT2D eigenvalue weighted by Crippen LogP contribution is -2.44. The standard InChI is InChI=1S/C21H23ClN4O2/c22-17-10-16(11-23-12-17)21(28)24-18-5-7-26(8-6-18)13-14-1-2-15-3-4-20(27)25-19(15)9-14/h1-2,9-12,18H,3-8,13H2,(H,24,28)(H,25,27). The summed E-state index contributed by atoms with van der Waals surface area (Å²) >= 11 is 5.91. The summed E-state index contributed by atoms with van der Waals surface area (Å²) < 4.78 is 0. The highest BCUT2D eigenvalue weighted by molar-refractivity contribution is 6.30. The SMILES string of the molecule is O=C1CCc2ccc(CN3CCC(NC(=O)c4cncc(Cl)c4)CC3)cc2N1. The number of piperidine rings is 1. The average molecular weight is 399 g/mol. The van der Waals surface area contributed by atoms with Crippen LogP contribution in [0.3, 0.4) is 0 Å². The van der Waals surface area contributed by atoms with Crippen LogP contribution < -0.4 is 10.6 Å². The van der Waals surface area contributed by atoms with Gasteiger partial charge in [0, 0.05) is 50.2 Å². The van der Waals surface area contributed by atoms with Crippen LogP contribution in [0.15, 0.2) is 36.7 Å². The quantitative estimate of drug-likeness (QED) is 0.830. The topological polar surface area (TPSA) is 74.3 Å². The molecule has 0 aliphatic carbocycles. The fourth-order valence-corrected chi connectivity index (χ4v) is 3.99. The summed E-state index contributed by atoms with van der Waals surface area (Å²) in [4.78, 5) is 30.3. The lowest BCUT2D eigenvalue weighted by Gasteiger charge is -2.32. The van der Waals surface area contributed by atoms with Crippen LogP contribution in [0, 0.1) is 0 Å². The molecule has 2 aliphatic rings. The molecule has 28 heavy (non-hydrogen) atoms. The van der Waals surface area contributed by atoms with E-state index in [2.05, 4.69) is 38.7 Å². The van der Waals surface area contributed by atoms with Gasteiger partial charge in [-0.2, -0.15) is 0 Å². The Kier molecular flexibility index (Phi) is 5.59. The third-order valence-corrected chi connectivity index (χ3v) is 5.57. The molecule has 0 radical (unpaired) electrons. The molecule has 2 aliphatic heterocycles. The van der Waals surface area contributed by atoms with Gasteiger partial charge in [-0.1, -0.05) is 23.7 Å². The second-order valence-corrected chi connectivity index (χ2v) is 7.89. The minimum absolute atomic E-state index is 0.0936. The number of rotatable bonds is 4. The van der Waals surface area contributed by atoms with Crippen molar-refractivity contribution < 1.29 is 9.59 Å². The number of pyridine rings is 1. The number of carbonyl (C=O) groups excluding carboxylic acids is 2. The summed E-state index contributed by atoms with van der Waals surface area (Å²) in [6.45, 7) is 2.69. The number of nitrogens with one attached hydrogen (secondary N) is 2. The summed E-state index contributed by atoms with van der Waals surface area (Å²) in [5.74, 6) is -0.0324. The van der Waals surface area contributed by atoms with Crippen molar-refractivity contribution in [2.75, 3.05) is 18.4 Å². The van der Waals surface area contributed by atoms with Crippen molar-refractivity contribution >= 4 is 29.1 Å². The molecule has 2 amide bonds. The number of fused-ring (bicyclic) bond motifs is 1. The molecule has 6 nitrogen and oxygen atoms in total. The molecule has 0 unspecified atom stereocenters. The van der Waals surface area contributed by atoms with E-state index in [4.69, 9.17) is 11.6 Å². The van der Waals surface area contributed by atoms with Crippen LogP contribution in [0.2, 0.25) is 5.02 Å². The first-order chi connectivity index (χ1) is 13.6. The summed E-state index contributed by atoms with van der Waals surface area (Å²) in [6, 6.07) is 8.15. The largest absolute Gasteiger partial charge is 0.349 e. The van der Waals surface area contributed by atoms with Crippen molar-refractivity contribution in [2.24, 2.45) is 0 Å². The van der Waals surface area contributed by atoms with E-state index >= 15 is 0 Å². The van der Waals surface area contributed by atoms with E-state index in [9.17, 15) is 9.59 Å². The van der Waals surface area contributed by atoms with Gasteiger partial charge in [0.25, 0.3) is 5.91 Å². The zero-order valence-corrected chi connectivity index (χ0v) is 16.3. The van der Waals surface area contributed by atoms with Crippen LogP contribution in [0.4, 0.5) is 5.69 Å². The van der Waals surface area contributed by atoms with E-state index in [1.54, 1.807) is 6.07 Å². The van der Waals surface area contributed by atoms with Crippen LogP contribution in [0.1, 0.15) is 40.7 Å². The van der Waals surface area contributed by atoms with Crippen LogP contribution in [0.25, 0.3) is 0 Å². The zero-order valence-electron chi connectivity index (χ0n) is 15.6. The molecule has 1 saturated heterocycles. The number of halogens is 1. The minimum Gasteiger partial charge on any atom is -0.349 e. The number of hydrogen-bond donors (Lipinski definition) is 2. The van der Waals surface area contributed by atoms with Gasteiger partial charge in [-0.25, -0.2) is 0 Å². The van der Waals surface area contributed by atoms with E-state index in [1.807, 2.05) is 0 Å². The molecule has 1 aromatic heterocycles. The third-order valence-electron chi connectivity index (χ3n) is 5.37. The molecule has 0 bridgehead atoms. The number of likely N-dealkylation sites (tertiary alicyclic amines) is 1. The number of aryl methyl sites for hydroxylation is 1. The maximum atomic E-state index is 12.3. The van der Waals surface area contributed by atoms with E-state index in [0.29, 0.717) is 17.0 Å². The Hall–Kier alpha value is -2.44. The Morgan fingerprint density at radius 2 is 2.04 bits per heavy atom. The maximum absolute atomic E-state index is 12.3. The fourth-order valence-electron chi connectivity index (χ4n) is 3.82. The number of amides is 2. The molecule has 3 heterocycles. The number of nitrogens with zero attached hydrogens (tertiary/aromatic N) is 2. The summed E-state index contributed by atoms with van der Waals surface area (Å²) in [5.41, 5.74) is 3.85. The Bertz CT molecular complexity index is 894. The van der Waals surface area contributed by atoms with Gasteiger partial charge in [0.1, 0.15) is 0 Å². The predicted molar refractivity (Wildman–Crippen MR) is 108 cm³/mol. The van der Waals surface area contributed by atoms with Crippen molar-refractivity contribution in [1.29, 1.82) is 0 Å². The van der Waals surface area contributed by atoms with Gasteiger partial charge in [-0.05, 0) is 42.5 Å². The first-order valence-corrected chi connectivity index (χ1v) is 10.00. The molecule has 1 fully saturated rings. The van der Waals surface area contributed by atoms with E-state index < -0.39 is 0 Å². The van der Waals surface area contributed by atoms with Crippen LogP contribution in [-0.2, 0) is 17.8 Å². The molecule has 4 rings (SSSR count). The Labute approximate surface area is 169 Å². The Morgan fingerprint density at radius 3 is 2.82 bits per heavy atom. The van der Waals surface area contributed by atoms with Gasteiger partial charge >= 0.3 is 0 Å². The van der Waals surface area contributed by atoms with Crippen molar-refractivity contribution in [3.63, 3.8) is 0 Å². The molecule has 7 heteroatoms. The molecule has 2 aromatic rings. The first-order valence-electron chi connectivity index (χ1n) is 9.62. The second-order valence-electron chi connectivity index (χ2n) is 7.46. The van der Waals surface area contributed by atoms with Gasteiger partial charge in [0.15, 0.2) is 0 Å². The maximum Gasteiger partial charge on any atom is 0.253 e. The predicted octanol–water partition coefficient (Wildman–Crippen LogP) is 3.01. The van der Waals surface area contributed by atoms with Crippen molar-refractivity contribution in [1.82, 2.24) is 15.2 Å². The van der Waals surface area contributed by atoms with E-state index in [0.717, 1.165) is 44.6 Å². The monoisotopic (exact) mass is 398 g/mol. The smallest absolute Gasteiger partial charge is 0.253 e. The van der Waals surface area contributed by atoms with Gasteiger partial charge in [0.2, 0.25) is 5.91 Å². The Morgan fingerprint density at radius 1 is 1.21 bits per heavy atom. The van der Waals surface area contributed by atoms with Crippen LogP contribution in [0.5, 0.6) is 0 Å². The molecular formula is C21H23ClN4O2. The summed E-state index contributed by atoms with van der Waals surface area (Å²) in [5, 5.41) is 6.51. The molecule has 0 atom stereocenters. The van der Waals surface area contributed by atoms with Crippen LogP contribution >= 0.6 is 11.6 Å². The lowest BCUT2D eigenvalue weighted by molar-refractivity contribution is -0.116. The molecule has 0 spiro atoms. The average Bonchev–Trinajstić information content (AvgIpc) is 2.69. The normalized spacial score (nSPS) is 17.7. The first kappa shape index (κ1) is 18.9. The Balaban J connectivity index is 1.29. The highest BCUT2D eigenvalue weighted by atomic mass is 35.5. The second kappa shape index (κ2) is 8.29. The van der Waals surface area contributed by atoms with E-state index in [-0.39, 0.29) is 17.9 Å². The number of carbonyl (C=O) groups is 2. The molecular weight excluding hydrogens is 376 g/mol. The van der Waals surface area contributed by atoms with Crippen molar-refractivity contribution in [3.8, 4) is 0 Å².